The highest BCUT2D eigenvalue weighted by Gasteiger charge is 2.11. The Morgan fingerprint density at radius 3 is 2.57 bits per heavy atom. The average Bonchev–Trinajstić information content (AvgIpc) is 2.88. The minimum atomic E-state index is 0.645. The molecule has 23 heavy (non-hydrogen) atoms. The summed E-state index contributed by atoms with van der Waals surface area (Å²) in [7, 11) is 0. The van der Waals surface area contributed by atoms with E-state index in [1.807, 2.05) is 37.3 Å². The third kappa shape index (κ3) is 4.08. The van der Waals surface area contributed by atoms with Crippen LogP contribution in [0.15, 0.2) is 53.7 Å². The number of thioether (sulfide) groups is 1. The third-order valence-corrected chi connectivity index (χ3v) is 5.06. The summed E-state index contributed by atoms with van der Waals surface area (Å²) < 4.78 is 2.11. The SMILES string of the molecule is Cc1nnc(SCc2ccc(Cl)cc2Cl)n1Cc1ccccc1. The number of aryl methyl sites for hydroxylation is 1. The zero-order chi connectivity index (χ0) is 16.2. The van der Waals surface area contributed by atoms with Crippen molar-refractivity contribution < 1.29 is 0 Å². The maximum Gasteiger partial charge on any atom is 0.191 e. The van der Waals surface area contributed by atoms with Crippen LogP contribution in [0.25, 0.3) is 0 Å². The Morgan fingerprint density at radius 1 is 1.04 bits per heavy atom. The van der Waals surface area contributed by atoms with Gasteiger partial charge in [0.2, 0.25) is 0 Å². The van der Waals surface area contributed by atoms with E-state index >= 15 is 0 Å². The van der Waals surface area contributed by atoms with E-state index in [1.165, 1.54) is 5.56 Å². The predicted octanol–water partition coefficient (Wildman–Crippen LogP) is 5.23. The first-order valence-electron chi connectivity index (χ1n) is 7.14. The van der Waals surface area contributed by atoms with Crippen molar-refractivity contribution in [2.45, 2.75) is 24.4 Å². The molecule has 6 heteroatoms. The molecule has 0 aliphatic carbocycles. The van der Waals surface area contributed by atoms with Crippen molar-refractivity contribution in [3.05, 3.63) is 75.5 Å². The zero-order valence-corrected chi connectivity index (χ0v) is 14.9. The molecule has 0 aliphatic heterocycles. The molecule has 0 N–H and O–H groups in total. The van der Waals surface area contributed by atoms with Crippen LogP contribution in [-0.4, -0.2) is 14.8 Å². The Labute approximate surface area is 149 Å². The largest absolute Gasteiger partial charge is 0.302 e. The quantitative estimate of drug-likeness (QED) is 0.581. The highest BCUT2D eigenvalue weighted by Crippen LogP contribution is 2.28. The molecule has 0 saturated heterocycles. The lowest BCUT2D eigenvalue weighted by atomic mass is 10.2. The van der Waals surface area contributed by atoms with Gasteiger partial charge in [0.1, 0.15) is 5.82 Å². The normalized spacial score (nSPS) is 10.9. The number of rotatable bonds is 5. The van der Waals surface area contributed by atoms with Gasteiger partial charge in [-0.3, -0.25) is 0 Å². The molecule has 0 saturated carbocycles. The number of nitrogens with zero attached hydrogens (tertiary/aromatic N) is 3. The van der Waals surface area contributed by atoms with Gasteiger partial charge >= 0.3 is 0 Å². The molecule has 0 atom stereocenters. The molecule has 1 heterocycles. The van der Waals surface area contributed by atoms with Crippen LogP contribution in [0.5, 0.6) is 0 Å². The van der Waals surface area contributed by atoms with Crippen molar-refractivity contribution in [2.75, 3.05) is 0 Å². The second kappa shape index (κ2) is 7.39. The fourth-order valence-corrected chi connectivity index (χ4v) is 3.74. The van der Waals surface area contributed by atoms with Crippen molar-refractivity contribution in [1.29, 1.82) is 0 Å². The van der Waals surface area contributed by atoms with Crippen molar-refractivity contribution in [2.24, 2.45) is 0 Å². The summed E-state index contributed by atoms with van der Waals surface area (Å²) >= 11 is 13.8. The third-order valence-electron chi connectivity index (χ3n) is 3.46. The maximum atomic E-state index is 6.23. The van der Waals surface area contributed by atoms with Crippen LogP contribution in [0.2, 0.25) is 10.0 Å². The summed E-state index contributed by atoms with van der Waals surface area (Å²) in [6.07, 6.45) is 0. The molecule has 0 aliphatic rings. The van der Waals surface area contributed by atoms with E-state index in [-0.39, 0.29) is 0 Å². The van der Waals surface area contributed by atoms with Crippen LogP contribution < -0.4 is 0 Å². The predicted molar refractivity (Wildman–Crippen MR) is 96.3 cm³/mol. The van der Waals surface area contributed by atoms with E-state index in [0.29, 0.717) is 10.0 Å². The zero-order valence-electron chi connectivity index (χ0n) is 12.5. The summed E-state index contributed by atoms with van der Waals surface area (Å²) in [6, 6.07) is 15.9. The van der Waals surface area contributed by atoms with Crippen molar-refractivity contribution in [3.63, 3.8) is 0 Å². The lowest BCUT2D eigenvalue weighted by molar-refractivity contribution is 0.688. The fraction of sp³-hybridized carbons (Fsp3) is 0.176. The number of hydrogen-bond donors (Lipinski definition) is 0. The van der Waals surface area contributed by atoms with E-state index in [9.17, 15) is 0 Å². The minimum Gasteiger partial charge on any atom is -0.302 e. The van der Waals surface area contributed by atoms with Crippen LogP contribution in [0, 0.1) is 6.92 Å². The number of benzene rings is 2. The molecular weight excluding hydrogens is 349 g/mol. The topological polar surface area (TPSA) is 30.7 Å². The molecule has 0 radical (unpaired) electrons. The Bertz CT molecular complexity index is 803. The first kappa shape index (κ1) is 16.4. The van der Waals surface area contributed by atoms with Gasteiger partial charge in [-0.05, 0) is 30.2 Å². The van der Waals surface area contributed by atoms with Gasteiger partial charge in [-0.15, -0.1) is 10.2 Å². The lowest BCUT2D eigenvalue weighted by Gasteiger charge is -2.09. The van der Waals surface area contributed by atoms with Gasteiger partial charge in [-0.1, -0.05) is 71.4 Å². The minimum absolute atomic E-state index is 0.645. The van der Waals surface area contributed by atoms with Gasteiger partial charge in [-0.25, -0.2) is 0 Å². The molecule has 118 valence electrons. The Balaban J connectivity index is 1.76. The Morgan fingerprint density at radius 2 is 1.83 bits per heavy atom. The van der Waals surface area contributed by atoms with Gasteiger partial charge in [0, 0.05) is 15.8 Å². The van der Waals surface area contributed by atoms with Crippen LogP contribution in [0.1, 0.15) is 17.0 Å². The Hall–Kier alpha value is -1.49. The van der Waals surface area contributed by atoms with E-state index in [2.05, 4.69) is 26.9 Å². The first-order valence-corrected chi connectivity index (χ1v) is 8.88. The molecule has 3 aromatic rings. The monoisotopic (exact) mass is 363 g/mol. The van der Waals surface area contributed by atoms with Crippen LogP contribution in [-0.2, 0) is 12.3 Å². The highest BCUT2D eigenvalue weighted by atomic mass is 35.5. The smallest absolute Gasteiger partial charge is 0.191 e. The lowest BCUT2D eigenvalue weighted by Crippen LogP contribution is -2.03. The average molecular weight is 364 g/mol. The van der Waals surface area contributed by atoms with Crippen molar-refractivity contribution in [1.82, 2.24) is 14.8 Å². The first-order chi connectivity index (χ1) is 11.1. The van der Waals surface area contributed by atoms with Gasteiger partial charge in [0.25, 0.3) is 0 Å². The molecule has 2 aromatic carbocycles. The van der Waals surface area contributed by atoms with E-state index in [0.717, 1.165) is 28.8 Å². The number of hydrogen-bond acceptors (Lipinski definition) is 3. The van der Waals surface area contributed by atoms with E-state index < -0.39 is 0 Å². The molecule has 0 amide bonds. The molecule has 0 bridgehead atoms. The summed E-state index contributed by atoms with van der Waals surface area (Å²) in [4.78, 5) is 0. The van der Waals surface area contributed by atoms with Gasteiger partial charge in [-0.2, -0.15) is 0 Å². The molecule has 1 aromatic heterocycles. The van der Waals surface area contributed by atoms with E-state index in [4.69, 9.17) is 23.2 Å². The summed E-state index contributed by atoms with van der Waals surface area (Å²) in [6.45, 7) is 2.73. The van der Waals surface area contributed by atoms with Crippen LogP contribution in [0.4, 0.5) is 0 Å². The highest BCUT2D eigenvalue weighted by molar-refractivity contribution is 7.98. The summed E-state index contributed by atoms with van der Waals surface area (Å²) in [5, 5.41) is 10.7. The molecular formula is C17H15Cl2N3S. The van der Waals surface area contributed by atoms with Crippen LogP contribution in [0.3, 0.4) is 0 Å². The standard InChI is InChI=1S/C17H15Cl2N3S/c1-12-20-21-17(22(12)10-13-5-3-2-4-6-13)23-11-14-7-8-15(18)9-16(14)19/h2-9H,10-11H2,1H3. The Kier molecular flexibility index (Phi) is 5.26. The van der Waals surface area contributed by atoms with E-state index in [1.54, 1.807) is 17.8 Å². The molecule has 0 fully saturated rings. The van der Waals surface area contributed by atoms with Gasteiger partial charge < -0.3 is 4.57 Å². The molecule has 0 spiro atoms. The summed E-state index contributed by atoms with van der Waals surface area (Å²) in [5.41, 5.74) is 2.26. The molecule has 3 nitrogen and oxygen atoms in total. The number of aromatic nitrogens is 3. The molecule has 3 rings (SSSR count). The van der Waals surface area contributed by atoms with Crippen LogP contribution >= 0.6 is 35.0 Å². The maximum absolute atomic E-state index is 6.23. The molecule has 0 unspecified atom stereocenters. The second-order valence-corrected chi connectivity index (χ2v) is 6.91. The number of halogens is 2. The summed E-state index contributed by atoms with van der Waals surface area (Å²) in [5.74, 6) is 1.63. The van der Waals surface area contributed by atoms with Crippen molar-refractivity contribution in [3.8, 4) is 0 Å². The second-order valence-electron chi connectivity index (χ2n) is 5.13. The van der Waals surface area contributed by atoms with Gasteiger partial charge in [0.05, 0.1) is 6.54 Å². The van der Waals surface area contributed by atoms with Gasteiger partial charge in [0.15, 0.2) is 5.16 Å². The van der Waals surface area contributed by atoms with Crippen molar-refractivity contribution >= 4 is 35.0 Å². The fourth-order valence-electron chi connectivity index (χ4n) is 2.20.